The number of aromatic nitrogens is 1. The number of benzene rings is 1. The molecule has 3 heteroatoms. The Morgan fingerprint density at radius 1 is 1.25 bits per heavy atom. The van der Waals surface area contributed by atoms with Crippen LogP contribution in [0.25, 0.3) is 11.0 Å². The summed E-state index contributed by atoms with van der Waals surface area (Å²) in [6, 6.07) is 11.7. The van der Waals surface area contributed by atoms with Crippen LogP contribution in [0, 0.1) is 6.92 Å². The lowest BCUT2D eigenvalue weighted by Gasteiger charge is -2.10. The van der Waals surface area contributed by atoms with E-state index in [4.69, 9.17) is 4.42 Å². The SMILES string of the molecule is CCc1cccnc1C(O)c1cc2cc(C)ccc2o1. The molecule has 2 aromatic heterocycles. The summed E-state index contributed by atoms with van der Waals surface area (Å²) in [5.74, 6) is 0.541. The van der Waals surface area contributed by atoms with Crippen LogP contribution in [0.2, 0.25) is 0 Å². The van der Waals surface area contributed by atoms with Gasteiger partial charge in [-0.15, -0.1) is 0 Å². The Balaban J connectivity index is 2.05. The van der Waals surface area contributed by atoms with Gasteiger partial charge in [0.05, 0.1) is 5.69 Å². The van der Waals surface area contributed by atoms with Crippen molar-refractivity contribution < 1.29 is 9.52 Å². The maximum atomic E-state index is 10.5. The smallest absolute Gasteiger partial charge is 0.154 e. The number of fused-ring (bicyclic) bond motifs is 1. The predicted molar refractivity (Wildman–Crippen MR) is 78.6 cm³/mol. The van der Waals surface area contributed by atoms with Crippen molar-refractivity contribution in [2.75, 3.05) is 0 Å². The van der Waals surface area contributed by atoms with E-state index >= 15 is 0 Å². The topological polar surface area (TPSA) is 46.3 Å². The molecule has 0 aliphatic carbocycles. The number of pyridine rings is 1. The Morgan fingerprint density at radius 3 is 2.90 bits per heavy atom. The minimum Gasteiger partial charge on any atom is -0.458 e. The van der Waals surface area contributed by atoms with Crippen LogP contribution in [0.4, 0.5) is 0 Å². The molecule has 1 aromatic carbocycles. The number of nitrogens with zero attached hydrogens (tertiary/aromatic N) is 1. The van der Waals surface area contributed by atoms with E-state index in [1.54, 1.807) is 6.20 Å². The first-order chi connectivity index (χ1) is 9.69. The Kier molecular flexibility index (Phi) is 3.28. The molecule has 1 atom stereocenters. The van der Waals surface area contributed by atoms with Crippen LogP contribution in [0.1, 0.15) is 35.6 Å². The maximum Gasteiger partial charge on any atom is 0.154 e. The molecule has 20 heavy (non-hydrogen) atoms. The molecule has 102 valence electrons. The summed E-state index contributed by atoms with van der Waals surface area (Å²) in [5, 5.41) is 11.5. The fourth-order valence-corrected chi connectivity index (χ4v) is 2.45. The molecule has 3 rings (SSSR count). The van der Waals surface area contributed by atoms with Gasteiger partial charge in [0.2, 0.25) is 0 Å². The van der Waals surface area contributed by atoms with Gasteiger partial charge in [0.25, 0.3) is 0 Å². The number of aryl methyl sites for hydroxylation is 2. The molecule has 3 aromatic rings. The average molecular weight is 267 g/mol. The Morgan fingerprint density at radius 2 is 2.10 bits per heavy atom. The number of hydrogen-bond donors (Lipinski definition) is 1. The zero-order chi connectivity index (χ0) is 14.1. The zero-order valence-electron chi connectivity index (χ0n) is 11.6. The molecule has 0 radical (unpaired) electrons. The highest BCUT2D eigenvalue weighted by atomic mass is 16.4. The number of aliphatic hydroxyl groups excluding tert-OH is 1. The second-order valence-corrected chi connectivity index (χ2v) is 4.99. The third-order valence-corrected chi connectivity index (χ3v) is 3.53. The number of hydrogen-bond acceptors (Lipinski definition) is 3. The van der Waals surface area contributed by atoms with Gasteiger partial charge in [0.1, 0.15) is 11.3 Å². The van der Waals surface area contributed by atoms with E-state index in [0.717, 1.165) is 23.0 Å². The Bertz CT molecular complexity index is 746. The zero-order valence-corrected chi connectivity index (χ0v) is 11.6. The van der Waals surface area contributed by atoms with Gasteiger partial charge < -0.3 is 9.52 Å². The molecule has 0 spiro atoms. The summed E-state index contributed by atoms with van der Waals surface area (Å²) in [7, 11) is 0. The third kappa shape index (κ3) is 2.21. The summed E-state index contributed by atoms with van der Waals surface area (Å²) in [6.07, 6.45) is 1.71. The fraction of sp³-hybridized carbons (Fsp3) is 0.235. The lowest BCUT2D eigenvalue weighted by Crippen LogP contribution is -2.04. The summed E-state index contributed by atoms with van der Waals surface area (Å²) in [4.78, 5) is 4.30. The van der Waals surface area contributed by atoms with Gasteiger partial charge in [-0.3, -0.25) is 4.98 Å². The molecule has 1 N–H and O–H groups in total. The van der Waals surface area contributed by atoms with Crippen molar-refractivity contribution in [3.05, 3.63) is 65.2 Å². The van der Waals surface area contributed by atoms with Crippen molar-refractivity contribution >= 4 is 11.0 Å². The van der Waals surface area contributed by atoms with Crippen LogP contribution in [0.15, 0.2) is 47.0 Å². The Labute approximate surface area is 117 Å². The monoisotopic (exact) mass is 267 g/mol. The van der Waals surface area contributed by atoms with Crippen molar-refractivity contribution in [3.63, 3.8) is 0 Å². The molecule has 0 amide bonds. The van der Waals surface area contributed by atoms with Gasteiger partial charge >= 0.3 is 0 Å². The minimum atomic E-state index is -0.821. The van der Waals surface area contributed by atoms with Crippen LogP contribution in [0.3, 0.4) is 0 Å². The van der Waals surface area contributed by atoms with Crippen molar-refractivity contribution in [2.24, 2.45) is 0 Å². The summed E-state index contributed by atoms with van der Waals surface area (Å²) >= 11 is 0. The lowest BCUT2D eigenvalue weighted by atomic mass is 10.1. The van der Waals surface area contributed by atoms with E-state index in [1.165, 1.54) is 5.56 Å². The highest BCUT2D eigenvalue weighted by molar-refractivity contribution is 5.78. The van der Waals surface area contributed by atoms with Gasteiger partial charge in [-0.1, -0.05) is 24.6 Å². The van der Waals surface area contributed by atoms with E-state index in [2.05, 4.69) is 11.9 Å². The van der Waals surface area contributed by atoms with Crippen molar-refractivity contribution in [3.8, 4) is 0 Å². The molecule has 0 bridgehead atoms. The first kappa shape index (κ1) is 12.9. The van der Waals surface area contributed by atoms with E-state index in [1.807, 2.05) is 43.3 Å². The first-order valence-electron chi connectivity index (χ1n) is 6.81. The lowest BCUT2D eigenvalue weighted by molar-refractivity contribution is 0.186. The molecule has 0 aliphatic heterocycles. The average Bonchev–Trinajstić information content (AvgIpc) is 2.89. The van der Waals surface area contributed by atoms with Crippen LogP contribution in [0.5, 0.6) is 0 Å². The molecule has 0 aliphatic rings. The van der Waals surface area contributed by atoms with Crippen LogP contribution >= 0.6 is 0 Å². The van der Waals surface area contributed by atoms with Gasteiger partial charge in [0, 0.05) is 11.6 Å². The number of furan rings is 1. The van der Waals surface area contributed by atoms with Gasteiger partial charge in [-0.25, -0.2) is 0 Å². The normalized spacial score (nSPS) is 12.8. The van der Waals surface area contributed by atoms with Crippen molar-refractivity contribution in [2.45, 2.75) is 26.4 Å². The molecule has 2 heterocycles. The van der Waals surface area contributed by atoms with E-state index in [-0.39, 0.29) is 0 Å². The second-order valence-electron chi connectivity index (χ2n) is 4.99. The summed E-state index contributed by atoms with van der Waals surface area (Å²) in [5.41, 5.74) is 3.67. The van der Waals surface area contributed by atoms with E-state index in [9.17, 15) is 5.11 Å². The molecule has 0 saturated heterocycles. The minimum absolute atomic E-state index is 0.541. The Hall–Kier alpha value is -2.13. The molecule has 0 saturated carbocycles. The maximum absolute atomic E-state index is 10.5. The molecular weight excluding hydrogens is 250 g/mol. The first-order valence-corrected chi connectivity index (χ1v) is 6.81. The number of aliphatic hydroxyl groups is 1. The standard InChI is InChI=1S/C17H17NO2/c1-3-12-5-4-8-18-16(12)17(19)15-10-13-9-11(2)6-7-14(13)20-15/h4-10,17,19H,3H2,1-2H3. The molecule has 3 nitrogen and oxygen atoms in total. The molecular formula is C17H17NO2. The predicted octanol–water partition coefficient (Wildman–Crippen LogP) is 3.78. The van der Waals surface area contributed by atoms with E-state index in [0.29, 0.717) is 11.5 Å². The second kappa shape index (κ2) is 5.10. The molecule has 1 unspecified atom stereocenters. The van der Waals surface area contributed by atoms with Crippen LogP contribution in [-0.2, 0) is 6.42 Å². The summed E-state index contributed by atoms with van der Waals surface area (Å²) < 4.78 is 5.75. The number of rotatable bonds is 3. The van der Waals surface area contributed by atoms with Gasteiger partial charge in [0.15, 0.2) is 6.10 Å². The quantitative estimate of drug-likeness (QED) is 0.785. The van der Waals surface area contributed by atoms with Gasteiger partial charge in [-0.05, 0) is 43.2 Å². The summed E-state index contributed by atoms with van der Waals surface area (Å²) in [6.45, 7) is 4.09. The fourth-order valence-electron chi connectivity index (χ4n) is 2.45. The third-order valence-electron chi connectivity index (χ3n) is 3.53. The van der Waals surface area contributed by atoms with Crippen LogP contribution < -0.4 is 0 Å². The van der Waals surface area contributed by atoms with E-state index < -0.39 is 6.10 Å². The highest BCUT2D eigenvalue weighted by Crippen LogP contribution is 2.29. The van der Waals surface area contributed by atoms with Crippen molar-refractivity contribution in [1.82, 2.24) is 4.98 Å². The van der Waals surface area contributed by atoms with Gasteiger partial charge in [-0.2, -0.15) is 0 Å². The molecule has 0 fully saturated rings. The van der Waals surface area contributed by atoms with Crippen molar-refractivity contribution in [1.29, 1.82) is 0 Å². The highest BCUT2D eigenvalue weighted by Gasteiger charge is 2.19. The van der Waals surface area contributed by atoms with Crippen LogP contribution in [-0.4, -0.2) is 10.1 Å². The largest absolute Gasteiger partial charge is 0.458 e.